The number of nitrogens with zero attached hydrogens (tertiary/aromatic N) is 1. The van der Waals surface area contributed by atoms with Crippen LogP contribution in [0, 0.1) is 6.92 Å². The lowest BCUT2D eigenvalue weighted by Gasteiger charge is -2.15. The molecule has 0 saturated carbocycles. The van der Waals surface area contributed by atoms with Gasteiger partial charge in [0.2, 0.25) is 5.76 Å². The van der Waals surface area contributed by atoms with E-state index in [0.717, 1.165) is 0 Å². The van der Waals surface area contributed by atoms with E-state index in [0.29, 0.717) is 21.3 Å². The van der Waals surface area contributed by atoms with E-state index in [9.17, 15) is 9.59 Å². The number of aromatic nitrogens is 1. The van der Waals surface area contributed by atoms with Gasteiger partial charge in [0.15, 0.2) is 6.61 Å². The SMILES string of the molecule is Cc1cc(C(=O)OCC(=O)N[C@H](C)c2ccc(Cl)cc2Cl)on1. The van der Waals surface area contributed by atoms with Crippen LogP contribution in [0.1, 0.15) is 34.8 Å². The van der Waals surface area contributed by atoms with Crippen LogP contribution >= 0.6 is 23.2 Å². The van der Waals surface area contributed by atoms with E-state index >= 15 is 0 Å². The topological polar surface area (TPSA) is 81.4 Å². The number of esters is 1. The predicted molar refractivity (Wildman–Crippen MR) is 84.5 cm³/mol. The highest BCUT2D eigenvalue weighted by Gasteiger charge is 2.17. The van der Waals surface area contributed by atoms with Crippen molar-refractivity contribution in [2.24, 2.45) is 0 Å². The second kappa shape index (κ2) is 7.48. The first-order valence-electron chi connectivity index (χ1n) is 6.71. The fourth-order valence-corrected chi connectivity index (χ4v) is 2.45. The van der Waals surface area contributed by atoms with Crippen molar-refractivity contribution in [3.8, 4) is 0 Å². The van der Waals surface area contributed by atoms with Gasteiger partial charge in [0.1, 0.15) is 0 Å². The number of amides is 1. The molecule has 6 nitrogen and oxygen atoms in total. The number of ether oxygens (including phenoxy) is 1. The lowest BCUT2D eigenvalue weighted by Crippen LogP contribution is -2.31. The van der Waals surface area contributed by atoms with Crippen LogP contribution in [-0.4, -0.2) is 23.6 Å². The van der Waals surface area contributed by atoms with E-state index in [2.05, 4.69) is 10.5 Å². The van der Waals surface area contributed by atoms with Crippen LogP contribution in [0.2, 0.25) is 10.0 Å². The molecule has 1 N–H and O–H groups in total. The van der Waals surface area contributed by atoms with E-state index in [1.165, 1.54) is 6.07 Å². The van der Waals surface area contributed by atoms with Crippen molar-refractivity contribution < 1.29 is 18.8 Å². The van der Waals surface area contributed by atoms with Gasteiger partial charge in [-0.1, -0.05) is 34.4 Å². The summed E-state index contributed by atoms with van der Waals surface area (Å²) in [6.45, 7) is 2.99. The number of hydrogen-bond donors (Lipinski definition) is 1. The Bertz CT molecular complexity index is 730. The monoisotopic (exact) mass is 356 g/mol. The van der Waals surface area contributed by atoms with Crippen molar-refractivity contribution in [3.63, 3.8) is 0 Å². The van der Waals surface area contributed by atoms with Crippen LogP contribution < -0.4 is 5.32 Å². The van der Waals surface area contributed by atoms with Gasteiger partial charge in [-0.15, -0.1) is 0 Å². The maximum atomic E-state index is 11.8. The van der Waals surface area contributed by atoms with Gasteiger partial charge < -0.3 is 14.6 Å². The first-order valence-corrected chi connectivity index (χ1v) is 7.47. The average molecular weight is 357 g/mol. The standard InChI is InChI=1S/C15H14Cl2N2O4/c1-8-5-13(23-19-8)15(21)22-7-14(20)18-9(2)11-4-3-10(16)6-12(11)17/h3-6,9H,7H2,1-2H3,(H,18,20)/t9-/m1/s1. The molecular weight excluding hydrogens is 343 g/mol. The lowest BCUT2D eigenvalue weighted by atomic mass is 10.1. The summed E-state index contributed by atoms with van der Waals surface area (Å²) in [6, 6.07) is 6.05. The van der Waals surface area contributed by atoms with Crippen molar-refractivity contribution in [2.75, 3.05) is 6.61 Å². The Kier molecular flexibility index (Phi) is 5.63. The smallest absolute Gasteiger partial charge is 0.377 e. The molecule has 23 heavy (non-hydrogen) atoms. The Hall–Kier alpha value is -2.05. The average Bonchev–Trinajstić information content (AvgIpc) is 2.91. The maximum absolute atomic E-state index is 11.8. The lowest BCUT2D eigenvalue weighted by molar-refractivity contribution is -0.124. The fourth-order valence-electron chi connectivity index (χ4n) is 1.88. The number of halogens is 2. The van der Waals surface area contributed by atoms with E-state index in [-0.39, 0.29) is 11.8 Å². The normalized spacial score (nSPS) is 11.8. The molecule has 1 aromatic carbocycles. The summed E-state index contributed by atoms with van der Waals surface area (Å²) in [5.41, 5.74) is 1.26. The number of hydrogen-bond acceptors (Lipinski definition) is 5. The zero-order valence-electron chi connectivity index (χ0n) is 12.4. The van der Waals surface area contributed by atoms with E-state index in [4.69, 9.17) is 32.5 Å². The second-order valence-electron chi connectivity index (χ2n) is 4.86. The van der Waals surface area contributed by atoms with Gasteiger partial charge in [0.05, 0.1) is 11.7 Å². The van der Waals surface area contributed by atoms with Crippen molar-refractivity contribution in [1.82, 2.24) is 10.5 Å². The minimum absolute atomic E-state index is 0.0518. The molecule has 0 aliphatic rings. The largest absolute Gasteiger partial charge is 0.450 e. The van der Waals surface area contributed by atoms with Gasteiger partial charge in [-0.2, -0.15) is 0 Å². The zero-order valence-corrected chi connectivity index (χ0v) is 13.9. The molecule has 0 spiro atoms. The van der Waals surface area contributed by atoms with Gasteiger partial charge in [0.25, 0.3) is 5.91 Å². The predicted octanol–water partition coefficient (Wildman–Crippen LogP) is 3.32. The molecule has 0 unspecified atom stereocenters. The second-order valence-corrected chi connectivity index (χ2v) is 5.71. The first-order chi connectivity index (χ1) is 10.9. The molecule has 0 aliphatic carbocycles. The van der Waals surface area contributed by atoms with E-state index in [1.807, 2.05) is 0 Å². The third-order valence-corrected chi connectivity index (χ3v) is 3.53. The van der Waals surface area contributed by atoms with Crippen molar-refractivity contribution >= 4 is 35.1 Å². The van der Waals surface area contributed by atoms with Crippen LogP contribution in [-0.2, 0) is 9.53 Å². The molecule has 0 bridgehead atoms. The Morgan fingerprint density at radius 1 is 1.35 bits per heavy atom. The quantitative estimate of drug-likeness (QED) is 0.831. The molecule has 122 valence electrons. The summed E-state index contributed by atoms with van der Waals surface area (Å²) in [5, 5.41) is 7.20. The van der Waals surface area contributed by atoms with E-state index in [1.54, 1.807) is 32.0 Å². The third-order valence-electron chi connectivity index (χ3n) is 2.97. The van der Waals surface area contributed by atoms with Crippen LogP contribution in [0.5, 0.6) is 0 Å². The van der Waals surface area contributed by atoms with Gasteiger partial charge in [-0.05, 0) is 31.5 Å². The summed E-state index contributed by atoms with van der Waals surface area (Å²) in [6.07, 6.45) is 0. The number of carbonyl (C=O) groups excluding carboxylic acids is 2. The van der Waals surface area contributed by atoms with Crippen LogP contribution in [0.15, 0.2) is 28.8 Å². The summed E-state index contributed by atoms with van der Waals surface area (Å²) >= 11 is 11.9. The van der Waals surface area contributed by atoms with Gasteiger partial charge in [0, 0.05) is 16.1 Å². The van der Waals surface area contributed by atoms with Gasteiger partial charge in [-0.25, -0.2) is 4.79 Å². The molecule has 1 atom stereocenters. The highest BCUT2D eigenvalue weighted by atomic mass is 35.5. The molecule has 0 aliphatic heterocycles. The molecular formula is C15H14Cl2N2O4. The highest BCUT2D eigenvalue weighted by Crippen LogP contribution is 2.25. The summed E-state index contributed by atoms with van der Waals surface area (Å²) in [4.78, 5) is 23.5. The first kappa shape index (κ1) is 17.3. The summed E-state index contributed by atoms with van der Waals surface area (Å²) in [7, 11) is 0. The summed E-state index contributed by atoms with van der Waals surface area (Å²) in [5.74, 6) is -1.27. The van der Waals surface area contributed by atoms with Crippen LogP contribution in [0.4, 0.5) is 0 Å². The molecule has 8 heteroatoms. The third kappa shape index (κ3) is 4.71. The van der Waals surface area contributed by atoms with Crippen molar-refractivity contribution in [3.05, 3.63) is 51.3 Å². The number of benzene rings is 1. The molecule has 1 aromatic heterocycles. The molecule has 0 fully saturated rings. The van der Waals surface area contributed by atoms with E-state index < -0.39 is 18.5 Å². The Balaban J connectivity index is 1.88. The van der Waals surface area contributed by atoms with Crippen LogP contribution in [0.25, 0.3) is 0 Å². The summed E-state index contributed by atoms with van der Waals surface area (Å²) < 4.78 is 9.60. The highest BCUT2D eigenvalue weighted by molar-refractivity contribution is 6.35. The number of rotatable bonds is 5. The number of aryl methyl sites for hydroxylation is 1. The van der Waals surface area contributed by atoms with Gasteiger partial charge in [-0.3, -0.25) is 4.79 Å². The molecule has 2 aromatic rings. The van der Waals surface area contributed by atoms with Crippen molar-refractivity contribution in [2.45, 2.75) is 19.9 Å². The maximum Gasteiger partial charge on any atom is 0.377 e. The minimum Gasteiger partial charge on any atom is -0.450 e. The Morgan fingerprint density at radius 2 is 2.09 bits per heavy atom. The molecule has 0 radical (unpaired) electrons. The Labute approximate surface area is 142 Å². The molecule has 2 rings (SSSR count). The van der Waals surface area contributed by atoms with Gasteiger partial charge >= 0.3 is 5.97 Å². The van der Waals surface area contributed by atoms with Crippen molar-refractivity contribution in [1.29, 1.82) is 0 Å². The Morgan fingerprint density at radius 3 is 2.70 bits per heavy atom. The zero-order chi connectivity index (χ0) is 17.0. The molecule has 1 amide bonds. The fraction of sp³-hybridized carbons (Fsp3) is 0.267. The number of carbonyl (C=O) groups is 2. The minimum atomic E-state index is -0.752. The molecule has 1 heterocycles. The number of nitrogens with one attached hydrogen (secondary N) is 1. The van der Waals surface area contributed by atoms with Crippen LogP contribution in [0.3, 0.4) is 0 Å². The molecule has 0 saturated heterocycles.